The summed E-state index contributed by atoms with van der Waals surface area (Å²) >= 11 is 0. The molecule has 4 amide bonds. The van der Waals surface area contributed by atoms with Crippen molar-refractivity contribution < 1.29 is 42.3 Å². The van der Waals surface area contributed by atoms with Crippen LogP contribution in [0.3, 0.4) is 0 Å². The molecule has 6 rings (SSSR count). The van der Waals surface area contributed by atoms with Gasteiger partial charge in [-0.1, -0.05) is 5.16 Å². The predicted octanol–water partition coefficient (Wildman–Crippen LogP) is 0.944. The van der Waals surface area contributed by atoms with E-state index in [2.05, 4.69) is 15.8 Å². The van der Waals surface area contributed by atoms with Gasteiger partial charge in [0.15, 0.2) is 11.6 Å². The Hall–Kier alpha value is -3.52. The summed E-state index contributed by atoms with van der Waals surface area (Å²) in [7, 11) is 0. The number of urea groups is 1. The van der Waals surface area contributed by atoms with E-state index in [0.717, 1.165) is 4.90 Å². The Morgan fingerprint density at radius 3 is 2.81 bits per heavy atom. The molecule has 3 fully saturated rings. The number of aromatic nitrogens is 1. The van der Waals surface area contributed by atoms with Crippen LogP contribution in [-0.4, -0.2) is 78.6 Å². The second-order valence-corrected chi connectivity index (χ2v) is 9.63. The number of aliphatic hydroxyl groups excluding tert-OH is 1. The van der Waals surface area contributed by atoms with Crippen LogP contribution in [0.25, 0.3) is 11.0 Å². The van der Waals surface area contributed by atoms with Gasteiger partial charge >= 0.3 is 12.1 Å². The highest BCUT2D eigenvalue weighted by molar-refractivity contribution is 6.04. The summed E-state index contributed by atoms with van der Waals surface area (Å²) < 4.78 is 45.8. The fraction of sp³-hybridized carbons (Fsp3) is 0.545. The lowest BCUT2D eigenvalue weighted by Crippen LogP contribution is -2.76. The molecule has 2 aromatic rings. The third-order valence-electron chi connectivity index (χ3n) is 7.49. The van der Waals surface area contributed by atoms with Crippen molar-refractivity contribution in [1.29, 1.82) is 0 Å². The van der Waals surface area contributed by atoms with Crippen molar-refractivity contribution >= 4 is 40.5 Å². The van der Waals surface area contributed by atoms with Crippen LogP contribution in [0.4, 0.5) is 29.9 Å². The van der Waals surface area contributed by atoms with E-state index in [9.17, 15) is 23.9 Å². The fourth-order valence-corrected chi connectivity index (χ4v) is 6.10. The summed E-state index contributed by atoms with van der Waals surface area (Å²) in [5.74, 6) is -1.61. The largest absolute Gasteiger partial charge is 0.447 e. The molecule has 0 saturated carbocycles. The molecule has 36 heavy (non-hydrogen) atoms. The zero-order chi connectivity index (χ0) is 25.5. The molecule has 14 heteroatoms. The quantitative estimate of drug-likeness (QED) is 0.541. The molecule has 1 spiro atoms. The summed E-state index contributed by atoms with van der Waals surface area (Å²) in [4.78, 5) is 40.2. The van der Waals surface area contributed by atoms with E-state index in [-0.39, 0.29) is 48.2 Å². The lowest BCUT2D eigenvalue weighted by molar-refractivity contribution is -0.155. The van der Waals surface area contributed by atoms with Crippen molar-refractivity contribution in [3.05, 3.63) is 17.4 Å². The zero-order valence-corrected chi connectivity index (χ0v) is 19.3. The van der Waals surface area contributed by atoms with Gasteiger partial charge in [0, 0.05) is 6.54 Å². The first-order valence-electron chi connectivity index (χ1n) is 11.5. The molecular weight excluding hydrogens is 484 g/mol. The molecule has 12 nitrogen and oxygen atoms in total. The van der Waals surface area contributed by atoms with Gasteiger partial charge in [-0.3, -0.25) is 10.1 Å². The minimum Gasteiger partial charge on any atom is -0.447 e. The number of imide groups is 1. The number of halogens is 2. The van der Waals surface area contributed by atoms with Crippen LogP contribution in [0.15, 0.2) is 10.6 Å². The first kappa shape index (κ1) is 22.9. The maximum Gasteiger partial charge on any atom is 0.416 e. The van der Waals surface area contributed by atoms with E-state index in [1.807, 2.05) is 0 Å². The minimum atomic E-state index is -1.62. The number of amides is 4. The Balaban J connectivity index is 1.57. The Morgan fingerprint density at radius 2 is 2.08 bits per heavy atom. The van der Waals surface area contributed by atoms with Crippen molar-refractivity contribution in [2.24, 2.45) is 5.41 Å². The number of benzene rings is 1. The molecule has 0 bridgehead atoms. The molecule has 5 heterocycles. The number of cyclic esters (lactones) is 1. The molecule has 4 aliphatic heterocycles. The highest BCUT2D eigenvalue weighted by atomic mass is 19.1. The molecule has 3 saturated heterocycles. The van der Waals surface area contributed by atoms with Gasteiger partial charge in [-0.15, -0.1) is 0 Å². The lowest BCUT2D eigenvalue weighted by atomic mass is 9.66. The normalized spacial score (nSPS) is 33.9. The van der Waals surface area contributed by atoms with Crippen molar-refractivity contribution in [3.63, 3.8) is 0 Å². The minimum absolute atomic E-state index is 0.0845. The van der Waals surface area contributed by atoms with Crippen LogP contribution in [0.2, 0.25) is 0 Å². The van der Waals surface area contributed by atoms with Gasteiger partial charge in [0.05, 0.1) is 29.3 Å². The summed E-state index contributed by atoms with van der Waals surface area (Å²) in [5, 5.41) is 19.5. The second-order valence-electron chi connectivity index (χ2n) is 9.63. The predicted molar refractivity (Wildman–Crippen MR) is 118 cm³/mol. The van der Waals surface area contributed by atoms with Crippen LogP contribution in [0, 0.1) is 11.2 Å². The second kappa shape index (κ2) is 7.74. The number of alkyl halides is 1. The highest BCUT2D eigenvalue weighted by Gasteiger charge is 2.63. The zero-order valence-electron chi connectivity index (χ0n) is 19.3. The first-order valence-corrected chi connectivity index (χ1v) is 11.5. The number of hydrogen-bond acceptors (Lipinski definition) is 9. The topological polar surface area (TPSA) is 146 Å². The summed E-state index contributed by atoms with van der Waals surface area (Å²) in [6.07, 6.45) is -3.58. The van der Waals surface area contributed by atoms with Crippen molar-refractivity contribution in [1.82, 2.24) is 15.8 Å². The Kier molecular flexibility index (Phi) is 4.92. The maximum absolute atomic E-state index is 16.1. The van der Waals surface area contributed by atoms with E-state index in [1.54, 1.807) is 18.7 Å². The van der Waals surface area contributed by atoms with E-state index in [4.69, 9.17) is 14.0 Å². The third-order valence-corrected chi connectivity index (χ3v) is 7.49. The molecular formula is C22H23F2N5O7. The molecule has 0 radical (unpaired) electrons. The van der Waals surface area contributed by atoms with Crippen molar-refractivity contribution in [3.8, 4) is 0 Å². The summed E-state index contributed by atoms with van der Waals surface area (Å²) in [5.41, 5.74) is -1.40. The summed E-state index contributed by atoms with van der Waals surface area (Å²) in [6, 6.07) is -1.13. The Morgan fingerprint density at radius 1 is 1.31 bits per heavy atom. The van der Waals surface area contributed by atoms with Crippen LogP contribution < -0.4 is 20.4 Å². The van der Waals surface area contributed by atoms with E-state index in [0.29, 0.717) is 5.56 Å². The number of carbonyl (C=O) groups is 3. The van der Waals surface area contributed by atoms with Crippen LogP contribution >= 0.6 is 0 Å². The molecule has 0 aliphatic carbocycles. The molecule has 3 N–H and O–H groups in total. The van der Waals surface area contributed by atoms with E-state index in [1.165, 1.54) is 6.07 Å². The molecule has 1 aromatic heterocycles. The average Bonchev–Trinajstić information content (AvgIpc) is 3.39. The fourth-order valence-electron chi connectivity index (χ4n) is 6.10. The van der Waals surface area contributed by atoms with Gasteiger partial charge < -0.3 is 29.3 Å². The number of fused-ring (bicyclic) bond motifs is 5. The summed E-state index contributed by atoms with van der Waals surface area (Å²) in [6.45, 7) is 2.59. The number of aliphatic hydroxyl groups is 1. The van der Waals surface area contributed by atoms with Gasteiger partial charge in [0.1, 0.15) is 31.0 Å². The van der Waals surface area contributed by atoms with Crippen molar-refractivity contribution in [2.75, 3.05) is 29.6 Å². The standard InChI is InChI=1S/C22H23F2N5O7/c1-8-6-28-14-10(4-22(16(28)9(2)35-8)18(30)25-20(32)26-19(22)31)3-12-15(13(14)24)36-27-17(12)29-11(5-23)7-34-21(29)33/h3,8-9,11,16,18,30H,4-7H2,1-2H3,(H2,25,26,31,32)/t8-,9+,11+,16?,18?,22?/m1/s1. The lowest BCUT2D eigenvalue weighted by Gasteiger charge is -2.57. The molecule has 1 aromatic carbocycles. The molecule has 4 aliphatic rings. The number of ether oxygens (including phenoxy) is 2. The van der Waals surface area contributed by atoms with E-state index < -0.39 is 60.4 Å². The Bertz CT molecular complexity index is 1300. The number of carbonyl (C=O) groups excluding carboxylic acids is 3. The van der Waals surface area contributed by atoms with Crippen LogP contribution in [0.1, 0.15) is 19.4 Å². The number of hydrogen-bond donors (Lipinski definition) is 3. The highest BCUT2D eigenvalue weighted by Crippen LogP contribution is 2.50. The van der Waals surface area contributed by atoms with E-state index >= 15 is 4.39 Å². The molecule has 192 valence electrons. The van der Waals surface area contributed by atoms with Crippen LogP contribution in [-0.2, 0) is 20.7 Å². The van der Waals surface area contributed by atoms with Gasteiger partial charge in [-0.2, -0.15) is 0 Å². The maximum atomic E-state index is 16.1. The van der Waals surface area contributed by atoms with Gasteiger partial charge in [-0.25, -0.2) is 23.3 Å². The third kappa shape index (κ3) is 2.91. The molecule has 6 atom stereocenters. The number of nitrogens with zero attached hydrogens (tertiary/aromatic N) is 3. The smallest absolute Gasteiger partial charge is 0.416 e. The van der Waals surface area contributed by atoms with Gasteiger partial charge in [0.2, 0.25) is 11.5 Å². The number of nitrogens with one attached hydrogen (secondary N) is 2. The number of morpholine rings is 1. The van der Waals surface area contributed by atoms with Crippen molar-refractivity contribution in [2.45, 2.75) is 50.8 Å². The average molecular weight is 507 g/mol. The van der Waals surface area contributed by atoms with Gasteiger partial charge in [-0.05, 0) is 31.9 Å². The SMILES string of the molecule is C[C@@H]1CN2c3c(cc4c(N5C(=O)OC[C@@H]5CF)noc4c3F)CC3(C(=O)NC(=O)NC3O)C2[C@H](C)O1. The molecule has 3 unspecified atom stereocenters. The monoisotopic (exact) mass is 507 g/mol. The van der Waals surface area contributed by atoms with Crippen LogP contribution in [0.5, 0.6) is 0 Å². The Labute approximate surface area is 202 Å². The number of rotatable bonds is 2. The van der Waals surface area contributed by atoms with Gasteiger partial charge in [0.25, 0.3) is 0 Å². The number of anilines is 2. The first-order chi connectivity index (χ1) is 17.2.